The minimum atomic E-state index is -0.499. The molecule has 98 valence electrons. The van der Waals surface area contributed by atoms with Crippen LogP contribution in [0.15, 0.2) is 30.8 Å². The highest BCUT2D eigenvalue weighted by Gasteiger charge is 2.22. The van der Waals surface area contributed by atoms with Gasteiger partial charge in [-0.15, -0.1) is 0 Å². The molecule has 0 N–H and O–H groups in total. The van der Waals surface area contributed by atoms with E-state index in [1.54, 1.807) is 13.0 Å². The lowest BCUT2D eigenvalue weighted by Crippen LogP contribution is -2.15. The molecule has 1 aromatic heterocycles. The van der Waals surface area contributed by atoms with Crippen molar-refractivity contribution in [2.45, 2.75) is 13.8 Å². The quantitative estimate of drug-likeness (QED) is 0.791. The van der Waals surface area contributed by atoms with Crippen molar-refractivity contribution >= 4 is 28.9 Å². The molecule has 0 saturated heterocycles. The van der Waals surface area contributed by atoms with Gasteiger partial charge in [-0.2, -0.15) is 0 Å². The second-order valence-electron chi connectivity index (χ2n) is 4.07. The zero-order valence-electron chi connectivity index (χ0n) is 11.0. The standard InChI is InChI=1S/C15H15NO3/c1-4-12-14(10(3)17)11-8-6-7-9-13(11)16(12)15(18)19-5-2/h4,6-9H,1,5H2,2-3H3. The number of aromatic nitrogens is 1. The molecule has 1 aromatic carbocycles. The molecule has 4 nitrogen and oxygen atoms in total. The van der Waals surface area contributed by atoms with Crippen LogP contribution in [0.4, 0.5) is 4.79 Å². The zero-order chi connectivity index (χ0) is 14.0. The lowest BCUT2D eigenvalue weighted by molar-refractivity contribution is 0.101. The van der Waals surface area contributed by atoms with Crippen LogP contribution in [-0.4, -0.2) is 23.1 Å². The van der Waals surface area contributed by atoms with Crippen molar-refractivity contribution < 1.29 is 14.3 Å². The molecule has 19 heavy (non-hydrogen) atoms. The van der Waals surface area contributed by atoms with Gasteiger partial charge in [-0.05, 0) is 26.0 Å². The van der Waals surface area contributed by atoms with E-state index in [4.69, 9.17) is 4.74 Å². The fraction of sp³-hybridized carbons (Fsp3) is 0.200. The number of ketones is 1. The number of para-hydroxylation sites is 1. The molecular weight excluding hydrogens is 242 g/mol. The summed E-state index contributed by atoms with van der Waals surface area (Å²) in [4.78, 5) is 23.9. The number of rotatable bonds is 3. The van der Waals surface area contributed by atoms with Gasteiger partial charge >= 0.3 is 6.09 Å². The van der Waals surface area contributed by atoms with Crippen LogP contribution in [0, 0.1) is 0 Å². The summed E-state index contributed by atoms with van der Waals surface area (Å²) < 4.78 is 6.43. The van der Waals surface area contributed by atoms with Crippen LogP contribution in [-0.2, 0) is 4.74 Å². The second-order valence-corrected chi connectivity index (χ2v) is 4.07. The normalized spacial score (nSPS) is 10.4. The molecule has 0 unspecified atom stereocenters. The van der Waals surface area contributed by atoms with Gasteiger partial charge in [-0.1, -0.05) is 24.8 Å². The highest BCUT2D eigenvalue weighted by atomic mass is 16.5. The molecule has 0 aliphatic carbocycles. The van der Waals surface area contributed by atoms with E-state index >= 15 is 0 Å². The first-order valence-electron chi connectivity index (χ1n) is 6.05. The van der Waals surface area contributed by atoms with Crippen LogP contribution in [0.1, 0.15) is 29.9 Å². The SMILES string of the molecule is C=Cc1c(C(C)=O)c2ccccc2n1C(=O)OCC. The summed E-state index contributed by atoms with van der Waals surface area (Å²) in [6, 6.07) is 7.24. The van der Waals surface area contributed by atoms with E-state index in [2.05, 4.69) is 6.58 Å². The fourth-order valence-electron chi connectivity index (χ4n) is 2.21. The number of carbonyl (C=O) groups excluding carboxylic acids is 2. The Bertz CT molecular complexity index is 667. The lowest BCUT2D eigenvalue weighted by Gasteiger charge is -2.06. The van der Waals surface area contributed by atoms with E-state index in [0.29, 0.717) is 16.8 Å². The smallest absolute Gasteiger partial charge is 0.418 e. The van der Waals surface area contributed by atoms with Crippen molar-refractivity contribution in [1.82, 2.24) is 4.57 Å². The topological polar surface area (TPSA) is 48.3 Å². The van der Waals surface area contributed by atoms with Crippen LogP contribution in [0.25, 0.3) is 17.0 Å². The number of fused-ring (bicyclic) bond motifs is 1. The molecule has 2 rings (SSSR count). The third-order valence-electron chi connectivity index (χ3n) is 2.91. The van der Waals surface area contributed by atoms with Crippen molar-refractivity contribution in [3.8, 4) is 0 Å². The summed E-state index contributed by atoms with van der Waals surface area (Å²) in [6.07, 6.45) is 1.01. The maximum Gasteiger partial charge on any atom is 0.418 e. The first-order valence-corrected chi connectivity index (χ1v) is 6.05. The van der Waals surface area contributed by atoms with E-state index in [-0.39, 0.29) is 12.4 Å². The Morgan fingerprint density at radius 3 is 2.63 bits per heavy atom. The van der Waals surface area contributed by atoms with Crippen LogP contribution < -0.4 is 0 Å². The molecule has 4 heteroatoms. The van der Waals surface area contributed by atoms with Crippen LogP contribution in [0.5, 0.6) is 0 Å². The maximum absolute atomic E-state index is 12.1. The summed E-state index contributed by atoms with van der Waals surface area (Å²) in [7, 11) is 0. The van der Waals surface area contributed by atoms with E-state index in [1.165, 1.54) is 17.6 Å². The Hall–Kier alpha value is -2.36. The molecule has 0 bridgehead atoms. The minimum absolute atomic E-state index is 0.103. The Balaban J connectivity index is 2.85. The zero-order valence-corrected chi connectivity index (χ0v) is 11.0. The average Bonchev–Trinajstić information content (AvgIpc) is 2.73. The van der Waals surface area contributed by atoms with Gasteiger partial charge in [-0.25, -0.2) is 9.36 Å². The molecule has 0 atom stereocenters. The molecule has 2 aromatic rings. The number of Topliss-reactive ketones (excluding diaryl/α,β-unsaturated/α-hetero) is 1. The number of benzene rings is 1. The monoisotopic (exact) mass is 257 g/mol. The van der Waals surface area contributed by atoms with Gasteiger partial charge in [0.1, 0.15) is 0 Å². The van der Waals surface area contributed by atoms with Gasteiger partial charge in [0.05, 0.1) is 23.4 Å². The molecular formula is C15H15NO3. The molecule has 0 radical (unpaired) electrons. The fourth-order valence-corrected chi connectivity index (χ4v) is 2.21. The van der Waals surface area contributed by atoms with Crippen molar-refractivity contribution in [2.75, 3.05) is 6.61 Å². The Morgan fingerprint density at radius 1 is 1.37 bits per heavy atom. The molecule has 0 aliphatic rings. The molecule has 1 heterocycles. The van der Waals surface area contributed by atoms with Crippen LogP contribution >= 0.6 is 0 Å². The number of ether oxygens (including phenoxy) is 1. The largest absolute Gasteiger partial charge is 0.449 e. The van der Waals surface area contributed by atoms with E-state index in [0.717, 1.165) is 5.39 Å². The summed E-state index contributed by atoms with van der Waals surface area (Å²) in [5.74, 6) is -0.103. The highest BCUT2D eigenvalue weighted by Crippen LogP contribution is 2.27. The van der Waals surface area contributed by atoms with Gasteiger partial charge in [0.2, 0.25) is 0 Å². The summed E-state index contributed by atoms with van der Waals surface area (Å²) >= 11 is 0. The predicted octanol–water partition coefficient (Wildman–Crippen LogP) is 3.49. The molecule has 0 aliphatic heterocycles. The molecule has 0 saturated carbocycles. The number of hydrogen-bond acceptors (Lipinski definition) is 3. The third-order valence-corrected chi connectivity index (χ3v) is 2.91. The lowest BCUT2D eigenvalue weighted by atomic mass is 10.1. The Kier molecular flexibility index (Phi) is 3.51. The summed E-state index contributed by atoms with van der Waals surface area (Å²) in [5, 5.41) is 0.734. The summed E-state index contributed by atoms with van der Waals surface area (Å²) in [5.41, 5.74) is 1.63. The van der Waals surface area contributed by atoms with Gasteiger partial charge in [-0.3, -0.25) is 4.79 Å². The van der Waals surface area contributed by atoms with Gasteiger partial charge in [0.25, 0.3) is 0 Å². The van der Waals surface area contributed by atoms with Gasteiger partial charge < -0.3 is 4.74 Å². The minimum Gasteiger partial charge on any atom is -0.449 e. The van der Waals surface area contributed by atoms with Crippen molar-refractivity contribution in [3.63, 3.8) is 0 Å². The highest BCUT2D eigenvalue weighted by molar-refractivity contribution is 6.12. The maximum atomic E-state index is 12.1. The first kappa shape index (κ1) is 13.1. The molecule has 0 fully saturated rings. The van der Waals surface area contributed by atoms with Gasteiger partial charge in [0.15, 0.2) is 5.78 Å². The number of nitrogens with zero attached hydrogens (tertiary/aromatic N) is 1. The van der Waals surface area contributed by atoms with Crippen molar-refractivity contribution in [3.05, 3.63) is 42.1 Å². The summed E-state index contributed by atoms with van der Waals surface area (Å²) in [6.45, 7) is 7.18. The second kappa shape index (κ2) is 5.10. The Labute approximate surface area is 111 Å². The van der Waals surface area contributed by atoms with E-state index in [9.17, 15) is 9.59 Å². The van der Waals surface area contributed by atoms with Crippen molar-refractivity contribution in [2.24, 2.45) is 0 Å². The first-order chi connectivity index (χ1) is 9.11. The molecule has 0 amide bonds. The average molecular weight is 257 g/mol. The third kappa shape index (κ3) is 2.05. The molecule has 0 spiro atoms. The van der Waals surface area contributed by atoms with Crippen LogP contribution in [0.2, 0.25) is 0 Å². The number of hydrogen-bond donors (Lipinski definition) is 0. The van der Waals surface area contributed by atoms with Crippen LogP contribution in [0.3, 0.4) is 0 Å². The van der Waals surface area contributed by atoms with Crippen molar-refractivity contribution in [1.29, 1.82) is 0 Å². The predicted molar refractivity (Wildman–Crippen MR) is 74.5 cm³/mol. The van der Waals surface area contributed by atoms with E-state index in [1.807, 2.05) is 18.2 Å². The number of carbonyl (C=O) groups is 2. The van der Waals surface area contributed by atoms with Gasteiger partial charge in [0, 0.05) is 5.39 Å². The Morgan fingerprint density at radius 2 is 2.05 bits per heavy atom. The van der Waals surface area contributed by atoms with E-state index < -0.39 is 6.09 Å².